The number of aryl methyl sites for hydroxylation is 1. The summed E-state index contributed by atoms with van der Waals surface area (Å²) in [5.41, 5.74) is 0.812. The van der Waals surface area contributed by atoms with E-state index in [9.17, 15) is 9.59 Å². The van der Waals surface area contributed by atoms with Gasteiger partial charge in [-0.15, -0.1) is 0 Å². The molecule has 1 N–H and O–H groups in total. The first-order chi connectivity index (χ1) is 8.10. The monoisotopic (exact) mass is 258 g/mol. The highest BCUT2D eigenvalue weighted by atomic mass is 32.1. The van der Waals surface area contributed by atoms with Gasteiger partial charge in [-0.3, -0.25) is 14.2 Å². The van der Waals surface area contributed by atoms with Gasteiger partial charge < -0.3 is 10.0 Å². The molecule has 0 saturated heterocycles. The second-order valence-corrected chi connectivity index (χ2v) is 4.60. The van der Waals surface area contributed by atoms with E-state index in [1.807, 2.05) is 13.8 Å². The Balaban J connectivity index is 2.67. The highest BCUT2D eigenvalue weighted by molar-refractivity contribution is 7.07. The normalized spacial score (nSPS) is 10.5. The summed E-state index contributed by atoms with van der Waals surface area (Å²) < 4.78 is 1.48. The van der Waals surface area contributed by atoms with Crippen molar-refractivity contribution in [3.05, 3.63) is 20.7 Å². The van der Waals surface area contributed by atoms with E-state index in [4.69, 9.17) is 5.11 Å². The van der Waals surface area contributed by atoms with Crippen molar-refractivity contribution in [2.24, 2.45) is 0 Å². The quantitative estimate of drug-likeness (QED) is 0.806. The molecule has 1 heterocycles. The Kier molecular flexibility index (Phi) is 5.37. The van der Waals surface area contributed by atoms with Crippen LogP contribution in [0.5, 0.6) is 0 Å². The molecule has 0 fully saturated rings. The Morgan fingerprint density at radius 2 is 2.29 bits per heavy atom. The lowest BCUT2D eigenvalue weighted by Gasteiger charge is -2.20. The van der Waals surface area contributed by atoms with Gasteiger partial charge in [0.05, 0.1) is 0 Å². The fraction of sp³-hybridized carbons (Fsp3) is 0.636. The van der Waals surface area contributed by atoms with Gasteiger partial charge in [0.25, 0.3) is 0 Å². The Bertz CT molecular complexity index is 425. The maximum atomic E-state index is 11.9. The fourth-order valence-corrected chi connectivity index (χ4v) is 2.29. The van der Waals surface area contributed by atoms with Gasteiger partial charge in [-0.1, -0.05) is 11.3 Å². The van der Waals surface area contributed by atoms with E-state index in [1.165, 1.54) is 4.57 Å². The number of aromatic nitrogens is 1. The first-order valence-electron chi connectivity index (χ1n) is 5.63. The number of rotatable bonds is 6. The third-order valence-corrected chi connectivity index (χ3v) is 3.47. The number of aliphatic hydroxyl groups excluding tert-OH is 1. The smallest absolute Gasteiger partial charge is 0.307 e. The maximum Gasteiger partial charge on any atom is 0.307 e. The number of hydrogen-bond donors (Lipinski definition) is 1. The molecule has 96 valence electrons. The van der Waals surface area contributed by atoms with E-state index in [1.54, 1.807) is 10.3 Å². The molecule has 6 heteroatoms. The largest absolute Gasteiger partial charge is 0.396 e. The second-order valence-electron chi connectivity index (χ2n) is 3.78. The van der Waals surface area contributed by atoms with Crippen molar-refractivity contribution in [1.29, 1.82) is 0 Å². The third kappa shape index (κ3) is 3.67. The van der Waals surface area contributed by atoms with E-state index in [0.717, 1.165) is 17.0 Å². The van der Waals surface area contributed by atoms with Gasteiger partial charge in [-0.2, -0.15) is 0 Å². The third-order valence-electron chi connectivity index (χ3n) is 2.59. The molecule has 1 rings (SSSR count). The number of thiazole rings is 1. The van der Waals surface area contributed by atoms with Crippen molar-refractivity contribution in [3.8, 4) is 0 Å². The van der Waals surface area contributed by atoms with E-state index in [-0.39, 0.29) is 23.9 Å². The topological polar surface area (TPSA) is 62.5 Å². The summed E-state index contributed by atoms with van der Waals surface area (Å²) in [6.07, 6.45) is 0.567. The molecule has 0 radical (unpaired) electrons. The minimum atomic E-state index is -0.103. The SMILES string of the molecule is CCN(CCCO)C(=O)Cn1c(C)csc1=O. The van der Waals surface area contributed by atoms with Crippen LogP contribution in [0.15, 0.2) is 10.2 Å². The highest BCUT2D eigenvalue weighted by Gasteiger charge is 2.14. The summed E-state index contributed by atoms with van der Waals surface area (Å²) in [7, 11) is 0. The number of carbonyl (C=O) groups is 1. The number of aliphatic hydroxyl groups is 1. The molecule has 0 aliphatic heterocycles. The van der Waals surface area contributed by atoms with Gasteiger partial charge in [-0.05, 0) is 20.3 Å². The maximum absolute atomic E-state index is 11.9. The molecule has 1 amide bonds. The average Bonchev–Trinajstić information content (AvgIpc) is 2.62. The van der Waals surface area contributed by atoms with Gasteiger partial charge in [0.2, 0.25) is 5.91 Å². The lowest BCUT2D eigenvalue weighted by atomic mass is 10.3. The number of nitrogens with zero attached hydrogens (tertiary/aromatic N) is 2. The summed E-state index contributed by atoms with van der Waals surface area (Å²) in [5, 5.41) is 10.5. The Morgan fingerprint density at radius 1 is 1.59 bits per heavy atom. The zero-order chi connectivity index (χ0) is 12.8. The first kappa shape index (κ1) is 13.9. The van der Waals surface area contributed by atoms with Crippen LogP contribution in [-0.2, 0) is 11.3 Å². The number of amides is 1. The van der Waals surface area contributed by atoms with Gasteiger partial charge in [0, 0.05) is 30.8 Å². The average molecular weight is 258 g/mol. The second kappa shape index (κ2) is 6.56. The zero-order valence-electron chi connectivity index (χ0n) is 10.2. The van der Waals surface area contributed by atoms with Crippen LogP contribution in [-0.4, -0.2) is 40.2 Å². The molecule has 0 unspecified atom stereocenters. The predicted octanol–water partition coefficient (Wildman–Crippen LogP) is 0.449. The molecule has 5 nitrogen and oxygen atoms in total. The number of hydrogen-bond acceptors (Lipinski definition) is 4. The van der Waals surface area contributed by atoms with E-state index in [0.29, 0.717) is 19.5 Å². The molecular formula is C11H18N2O3S. The molecule has 0 bridgehead atoms. The molecule has 17 heavy (non-hydrogen) atoms. The predicted molar refractivity (Wildman–Crippen MR) is 67.3 cm³/mol. The molecule has 0 aromatic carbocycles. The van der Waals surface area contributed by atoms with Crippen molar-refractivity contribution in [3.63, 3.8) is 0 Å². The van der Waals surface area contributed by atoms with Crippen LogP contribution < -0.4 is 4.87 Å². The first-order valence-corrected chi connectivity index (χ1v) is 6.51. The van der Waals surface area contributed by atoms with Crippen LogP contribution >= 0.6 is 11.3 Å². The van der Waals surface area contributed by atoms with Gasteiger partial charge in [0.15, 0.2) is 0 Å². The van der Waals surface area contributed by atoms with Crippen molar-refractivity contribution in [2.45, 2.75) is 26.8 Å². The van der Waals surface area contributed by atoms with Gasteiger partial charge >= 0.3 is 4.87 Å². The number of carbonyl (C=O) groups excluding carboxylic acids is 1. The molecule has 0 spiro atoms. The van der Waals surface area contributed by atoms with Crippen LogP contribution in [0.1, 0.15) is 19.0 Å². The highest BCUT2D eigenvalue weighted by Crippen LogP contribution is 2.01. The van der Waals surface area contributed by atoms with Crippen LogP contribution in [0, 0.1) is 6.92 Å². The summed E-state index contributed by atoms with van der Waals surface area (Å²) in [6, 6.07) is 0. The van der Waals surface area contributed by atoms with Gasteiger partial charge in [0.1, 0.15) is 6.54 Å². The minimum Gasteiger partial charge on any atom is -0.396 e. The Labute approximate surface area is 104 Å². The fourth-order valence-electron chi connectivity index (χ4n) is 1.55. The Morgan fingerprint density at radius 3 is 2.76 bits per heavy atom. The standard InChI is InChI=1S/C11H18N2O3S/c1-3-12(5-4-6-14)10(15)7-13-9(2)8-17-11(13)16/h8,14H,3-7H2,1-2H3. The lowest BCUT2D eigenvalue weighted by molar-refractivity contribution is -0.131. The molecule has 0 saturated carbocycles. The van der Waals surface area contributed by atoms with Crippen molar-refractivity contribution in [2.75, 3.05) is 19.7 Å². The van der Waals surface area contributed by atoms with Crippen LogP contribution in [0.25, 0.3) is 0 Å². The van der Waals surface area contributed by atoms with Crippen LogP contribution in [0.4, 0.5) is 0 Å². The van der Waals surface area contributed by atoms with E-state index >= 15 is 0 Å². The van der Waals surface area contributed by atoms with Crippen molar-refractivity contribution in [1.82, 2.24) is 9.47 Å². The van der Waals surface area contributed by atoms with Crippen molar-refractivity contribution < 1.29 is 9.90 Å². The lowest BCUT2D eigenvalue weighted by Crippen LogP contribution is -2.36. The van der Waals surface area contributed by atoms with Crippen molar-refractivity contribution >= 4 is 17.2 Å². The Hall–Kier alpha value is -1.14. The summed E-state index contributed by atoms with van der Waals surface area (Å²) >= 11 is 1.11. The molecule has 0 atom stereocenters. The summed E-state index contributed by atoms with van der Waals surface area (Å²) in [4.78, 5) is 25.0. The minimum absolute atomic E-state index is 0.0706. The molecule has 1 aromatic rings. The summed E-state index contributed by atoms with van der Waals surface area (Å²) in [6.45, 7) is 4.99. The molecule has 0 aliphatic carbocycles. The molecular weight excluding hydrogens is 240 g/mol. The van der Waals surface area contributed by atoms with Crippen LogP contribution in [0.2, 0.25) is 0 Å². The molecule has 1 aromatic heterocycles. The summed E-state index contributed by atoms with van der Waals surface area (Å²) in [5.74, 6) is -0.0791. The zero-order valence-corrected chi connectivity index (χ0v) is 11.0. The van der Waals surface area contributed by atoms with E-state index in [2.05, 4.69) is 0 Å². The number of likely N-dealkylation sites (N-methyl/N-ethyl adjacent to an activating group) is 1. The van der Waals surface area contributed by atoms with Crippen LogP contribution in [0.3, 0.4) is 0 Å². The van der Waals surface area contributed by atoms with Gasteiger partial charge in [-0.25, -0.2) is 0 Å². The molecule has 0 aliphatic rings. The van der Waals surface area contributed by atoms with E-state index < -0.39 is 0 Å².